The lowest BCUT2D eigenvalue weighted by Gasteiger charge is -2.38. The largest absolute Gasteiger partial charge is 0.373 e. The maximum Gasteiger partial charge on any atom is 0.197 e. The maximum atomic E-state index is 12.6. The normalized spacial score (nSPS) is 30.4. The first kappa shape index (κ1) is 15.1. The summed E-state index contributed by atoms with van der Waals surface area (Å²) in [4.78, 5) is 2.09. The Morgan fingerprint density at radius 3 is 2.55 bits per heavy atom. The van der Waals surface area contributed by atoms with Gasteiger partial charge in [0.15, 0.2) is 14.6 Å². The van der Waals surface area contributed by atoms with Gasteiger partial charge >= 0.3 is 0 Å². The zero-order valence-electron chi connectivity index (χ0n) is 11.9. The van der Waals surface area contributed by atoms with Crippen LogP contribution in [0.2, 0.25) is 0 Å². The molecule has 1 aliphatic carbocycles. The summed E-state index contributed by atoms with van der Waals surface area (Å²) >= 11 is 0. The molecule has 0 aromatic rings. The second-order valence-corrected chi connectivity index (χ2v) is 8.33. The molecule has 2 aliphatic rings. The SMILES string of the molecule is CC(C)S(=O)(=O)C1(C#N)C=CC=C(N2CCCC2)C1N. The van der Waals surface area contributed by atoms with E-state index in [0.717, 1.165) is 31.6 Å². The summed E-state index contributed by atoms with van der Waals surface area (Å²) in [5.41, 5.74) is 6.97. The van der Waals surface area contributed by atoms with E-state index < -0.39 is 25.9 Å². The lowest BCUT2D eigenvalue weighted by Crippen LogP contribution is -2.57. The molecule has 2 rings (SSSR count). The summed E-state index contributed by atoms with van der Waals surface area (Å²) in [6.07, 6.45) is 7.07. The molecule has 2 N–H and O–H groups in total. The third-order valence-corrected chi connectivity index (χ3v) is 6.79. The van der Waals surface area contributed by atoms with Gasteiger partial charge in [-0.15, -0.1) is 0 Å². The highest BCUT2D eigenvalue weighted by Crippen LogP contribution is 2.34. The number of allylic oxidation sites excluding steroid dienone is 2. The van der Waals surface area contributed by atoms with E-state index in [-0.39, 0.29) is 0 Å². The topological polar surface area (TPSA) is 87.2 Å². The van der Waals surface area contributed by atoms with Crippen LogP contribution in [-0.4, -0.2) is 42.4 Å². The van der Waals surface area contributed by atoms with E-state index in [2.05, 4.69) is 4.90 Å². The molecule has 0 aromatic heterocycles. The van der Waals surface area contributed by atoms with Crippen LogP contribution in [-0.2, 0) is 9.84 Å². The lowest BCUT2D eigenvalue weighted by atomic mass is 9.92. The van der Waals surface area contributed by atoms with Gasteiger partial charge in [-0.25, -0.2) is 8.42 Å². The molecule has 2 atom stereocenters. The van der Waals surface area contributed by atoms with Gasteiger partial charge in [0, 0.05) is 18.8 Å². The lowest BCUT2D eigenvalue weighted by molar-refractivity contribution is 0.379. The van der Waals surface area contributed by atoms with Crippen LogP contribution in [0.1, 0.15) is 26.7 Å². The average molecular weight is 295 g/mol. The Morgan fingerprint density at radius 2 is 2.05 bits per heavy atom. The van der Waals surface area contributed by atoms with Crippen LogP contribution in [0.3, 0.4) is 0 Å². The Bertz CT molecular complexity index is 580. The number of likely N-dealkylation sites (tertiary alicyclic amines) is 1. The van der Waals surface area contributed by atoms with Crippen LogP contribution < -0.4 is 5.73 Å². The van der Waals surface area contributed by atoms with Crippen molar-refractivity contribution >= 4 is 9.84 Å². The predicted molar refractivity (Wildman–Crippen MR) is 78.4 cm³/mol. The first-order valence-electron chi connectivity index (χ1n) is 6.91. The van der Waals surface area contributed by atoms with E-state index in [1.54, 1.807) is 19.9 Å². The van der Waals surface area contributed by atoms with Crippen LogP contribution in [0, 0.1) is 11.3 Å². The Kier molecular flexibility index (Phi) is 3.94. The Balaban J connectivity index is 2.46. The van der Waals surface area contributed by atoms with E-state index in [1.165, 1.54) is 6.08 Å². The number of nitrogens with zero attached hydrogens (tertiary/aromatic N) is 2. The monoisotopic (exact) mass is 295 g/mol. The van der Waals surface area contributed by atoms with Crippen molar-refractivity contribution in [3.8, 4) is 6.07 Å². The van der Waals surface area contributed by atoms with Gasteiger partial charge in [-0.2, -0.15) is 5.26 Å². The predicted octanol–water partition coefficient (Wildman–Crippen LogP) is 0.949. The van der Waals surface area contributed by atoms with Crippen LogP contribution in [0.5, 0.6) is 0 Å². The number of rotatable bonds is 3. The zero-order valence-corrected chi connectivity index (χ0v) is 12.7. The molecule has 1 heterocycles. The molecule has 20 heavy (non-hydrogen) atoms. The van der Waals surface area contributed by atoms with Gasteiger partial charge in [0.1, 0.15) is 0 Å². The smallest absolute Gasteiger partial charge is 0.197 e. The van der Waals surface area contributed by atoms with Gasteiger partial charge in [0.25, 0.3) is 0 Å². The number of nitrogens with two attached hydrogens (primary N) is 1. The molecule has 1 aliphatic heterocycles. The summed E-state index contributed by atoms with van der Waals surface area (Å²) < 4.78 is 23.6. The van der Waals surface area contributed by atoms with E-state index >= 15 is 0 Å². The number of sulfone groups is 1. The second-order valence-electron chi connectivity index (χ2n) is 5.62. The second kappa shape index (κ2) is 5.23. The molecule has 0 saturated carbocycles. The standard InChI is InChI=1S/C14H21N3O2S/c1-11(2)20(18,19)14(10-15)7-5-6-12(13(14)16)17-8-3-4-9-17/h5-7,11,13H,3-4,8-9,16H2,1-2H3. The number of hydrogen-bond donors (Lipinski definition) is 1. The van der Waals surface area contributed by atoms with Crippen molar-refractivity contribution in [3.05, 3.63) is 23.9 Å². The van der Waals surface area contributed by atoms with Crippen molar-refractivity contribution in [2.45, 2.75) is 42.7 Å². The molecule has 110 valence electrons. The first-order chi connectivity index (χ1) is 9.37. The number of nitriles is 1. The van der Waals surface area contributed by atoms with Gasteiger partial charge in [0.05, 0.1) is 17.4 Å². The van der Waals surface area contributed by atoms with E-state index in [0.29, 0.717) is 0 Å². The van der Waals surface area contributed by atoms with E-state index in [1.807, 2.05) is 12.1 Å². The van der Waals surface area contributed by atoms with Crippen LogP contribution in [0.15, 0.2) is 23.9 Å². The zero-order chi connectivity index (χ0) is 15.0. The Labute approximate surface area is 120 Å². The average Bonchev–Trinajstić information content (AvgIpc) is 2.92. The molecule has 2 unspecified atom stereocenters. The number of hydrogen-bond acceptors (Lipinski definition) is 5. The minimum absolute atomic E-state index is 0.643. The molecule has 0 aromatic carbocycles. The third-order valence-electron chi connectivity index (χ3n) is 4.13. The highest BCUT2D eigenvalue weighted by Gasteiger charge is 2.52. The van der Waals surface area contributed by atoms with Crippen LogP contribution >= 0.6 is 0 Å². The van der Waals surface area contributed by atoms with Crippen molar-refractivity contribution in [1.82, 2.24) is 4.90 Å². The fourth-order valence-electron chi connectivity index (χ4n) is 2.83. The van der Waals surface area contributed by atoms with Gasteiger partial charge in [-0.05, 0) is 38.8 Å². The molecule has 0 bridgehead atoms. The van der Waals surface area contributed by atoms with Gasteiger partial charge < -0.3 is 10.6 Å². The molecule has 0 amide bonds. The summed E-state index contributed by atoms with van der Waals surface area (Å²) in [5, 5.41) is 8.91. The summed E-state index contributed by atoms with van der Waals surface area (Å²) in [5.74, 6) is 0. The van der Waals surface area contributed by atoms with Crippen LogP contribution in [0.4, 0.5) is 0 Å². The summed E-state index contributed by atoms with van der Waals surface area (Å²) in [7, 11) is -3.66. The fraction of sp³-hybridized carbons (Fsp3) is 0.643. The minimum atomic E-state index is -3.66. The molecule has 1 fully saturated rings. The quantitative estimate of drug-likeness (QED) is 0.837. The fourth-order valence-corrected chi connectivity index (χ4v) is 4.48. The van der Waals surface area contributed by atoms with Crippen molar-refractivity contribution < 1.29 is 8.42 Å². The highest BCUT2D eigenvalue weighted by molar-refractivity contribution is 7.93. The van der Waals surface area contributed by atoms with Crippen molar-refractivity contribution in [2.24, 2.45) is 5.73 Å². The molecule has 1 saturated heterocycles. The first-order valence-corrected chi connectivity index (χ1v) is 8.46. The molecule has 0 radical (unpaired) electrons. The van der Waals surface area contributed by atoms with Crippen LogP contribution in [0.25, 0.3) is 0 Å². The van der Waals surface area contributed by atoms with E-state index in [4.69, 9.17) is 5.73 Å². The summed E-state index contributed by atoms with van der Waals surface area (Å²) in [6.45, 7) is 4.92. The molecule has 5 nitrogen and oxygen atoms in total. The summed E-state index contributed by atoms with van der Waals surface area (Å²) in [6, 6.07) is 1.14. The highest BCUT2D eigenvalue weighted by atomic mass is 32.2. The maximum absolute atomic E-state index is 12.6. The van der Waals surface area contributed by atoms with Crippen molar-refractivity contribution in [3.63, 3.8) is 0 Å². The molecule has 6 heteroatoms. The molecular formula is C14H21N3O2S. The Morgan fingerprint density at radius 1 is 1.45 bits per heavy atom. The van der Waals surface area contributed by atoms with Gasteiger partial charge in [-0.1, -0.05) is 6.08 Å². The Hall–Kier alpha value is -1.32. The van der Waals surface area contributed by atoms with Crippen molar-refractivity contribution in [2.75, 3.05) is 13.1 Å². The third kappa shape index (κ3) is 2.05. The van der Waals surface area contributed by atoms with Gasteiger partial charge in [0.2, 0.25) is 0 Å². The molecular weight excluding hydrogens is 274 g/mol. The van der Waals surface area contributed by atoms with Gasteiger partial charge in [-0.3, -0.25) is 0 Å². The van der Waals surface area contributed by atoms with E-state index in [9.17, 15) is 13.7 Å². The molecule has 0 spiro atoms. The van der Waals surface area contributed by atoms with Crippen molar-refractivity contribution in [1.29, 1.82) is 5.26 Å². The minimum Gasteiger partial charge on any atom is -0.373 e.